The Hall–Kier alpha value is -5.41. The van der Waals surface area contributed by atoms with Crippen LogP contribution in [0.3, 0.4) is 0 Å². The molecule has 0 radical (unpaired) electrons. The predicted octanol–water partition coefficient (Wildman–Crippen LogP) is 10.0. The molecule has 0 saturated heterocycles. The monoisotopic (exact) mass is 997 g/mol. The van der Waals surface area contributed by atoms with Crippen LogP contribution in [0.5, 0.6) is 28.7 Å². The van der Waals surface area contributed by atoms with Gasteiger partial charge >= 0.3 is 0 Å². The third kappa shape index (κ3) is 10.5. The molecule has 13 heteroatoms. The van der Waals surface area contributed by atoms with Crippen LogP contribution in [0.2, 0.25) is 0 Å². The number of H-pyrrole nitrogens is 1. The van der Waals surface area contributed by atoms with E-state index in [0.29, 0.717) is 48.6 Å². The number of aromatic hydroxyl groups is 3. The maximum atomic E-state index is 16.0. The van der Waals surface area contributed by atoms with E-state index < -0.39 is 33.8 Å². The molecule has 5 aromatic carbocycles. The second-order valence-electron chi connectivity index (χ2n) is 20.1. The van der Waals surface area contributed by atoms with E-state index in [1.807, 2.05) is 68.0 Å². The normalized spacial score (nSPS) is 21.9. The fourth-order valence-electron chi connectivity index (χ4n) is 11.4. The fraction of sp³-hybridized carbons (Fsp3) is 0.397. The summed E-state index contributed by atoms with van der Waals surface area (Å²) in [5.74, 6) is 0.465. The number of carbonyl (C=O) groups is 1. The van der Waals surface area contributed by atoms with Gasteiger partial charge in [-0.05, 0) is 138 Å². The largest absolute Gasteiger partial charge is 0.508 e. The van der Waals surface area contributed by atoms with E-state index in [1.165, 1.54) is 27.2 Å². The minimum atomic E-state index is -1.39. The molecule has 5 atom stereocenters. The van der Waals surface area contributed by atoms with Crippen molar-refractivity contribution in [2.24, 2.45) is 5.92 Å². The van der Waals surface area contributed by atoms with Crippen LogP contribution in [0.1, 0.15) is 101 Å². The third-order valence-corrected chi connectivity index (χ3v) is 18.2. The van der Waals surface area contributed by atoms with E-state index in [2.05, 4.69) is 52.9 Å². The lowest BCUT2D eigenvalue weighted by molar-refractivity contribution is -0.125. The van der Waals surface area contributed by atoms with Crippen molar-refractivity contribution in [1.29, 1.82) is 0 Å². The van der Waals surface area contributed by atoms with Gasteiger partial charge in [0.2, 0.25) is 0 Å². The highest BCUT2D eigenvalue weighted by Gasteiger charge is 2.45. The summed E-state index contributed by atoms with van der Waals surface area (Å²) >= 11 is 0. The Kier molecular flexibility index (Phi) is 15.2. The summed E-state index contributed by atoms with van der Waals surface area (Å²) < 4.78 is 12.3. The van der Waals surface area contributed by atoms with Gasteiger partial charge in [-0.1, -0.05) is 108 Å². The average Bonchev–Trinajstić information content (AvgIpc) is 4.04. The second-order valence-corrected chi connectivity index (χ2v) is 22.6. The number of Topliss-reactive ketones (excluding diaryl/α,β-unsaturated/α-hetero) is 1. The van der Waals surface area contributed by atoms with Crippen molar-refractivity contribution in [3.05, 3.63) is 160 Å². The molecule has 5 unspecified atom stereocenters. The van der Waals surface area contributed by atoms with Crippen LogP contribution in [0.4, 0.5) is 0 Å². The van der Waals surface area contributed by atoms with Gasteiger partial charge in [-0.2, -0.15) is 0 Å². The molecule has 3 aliphatic rings. The van der Waals surface area contributed by atoms with Gasteiger partial charge in [0.25, 0.3) is 0 Å². The average molecular weight is 998 g/mol. The van der Waals surface area contributed by atoms with Gasteiger partial charge < -0.3 is 45.3 Å². The molecule has 1 fully saturated rings. The summed E-state index contributed by atoms with van der Waals surface area (Å²) in [6.45, 7) is 4.26. The number of aliphatic hydroxyl groups excluding tert-OH is 1. The molecule has 6 aromatic rings. The Labute approximate surface area is 424 Å². The third-order valence-electron chi connectivity index (χ3n) is 15.4. The van der Waals surface area contributed by atoms with Gasteiger partial charge in [-0.15, -0.1) is 0 Å². The highest BCUT2D eigenvalue weighted by Crippen LogP contribution is 2.53. The molecular weight excluding hydrogens is 931 g/mol. The number of ketones is 1. The van der Waals surface area contributed by atoms with Crippen molar-refractivity contribution < 1.29 is 39.8 Å². The molecule has 0 amide bonds. The number of ether oxygens (including phenoxy) is 2. The van der Waals surface area contributed by atoms with Crippen molar-refractivity contribution in [2.45, 2.75) is 106 Å². The number of β-amino-alcohol motifs (C(OH)–C–C–N with tert-alkyl or cyclic N) is 1. The van der Waals surface area contributed by atoms with Gasteiger partial charge in [0.1, 0.15) is 18.3 Å². The van der Waals surface area contributed by atoms with Crippen molar-refractivity contribution in [3.63, 3.8) is 0 Å². The molecule has 9 rings (SSSR count). The Morgan fingerprint density at radius 3 is 2.48 bits per heavy atom. The zero-order valence-electron chi connectivity index (χ0n) is 41.1. The number of hydrogen-bond donors (Lipinski definition) is 8. The van der Waals surface area contributed by atoms with E-state index in [-0.39, 0.29) is 42.6 Å². The number of carbonyl (C=O) groups excluding carboxylic acids is 1. The number of nitrogens with one attached hydrogen (secondary N) is 3. The first kappa shape index (κ1) is 50.5. The zero-order valence-corrected chi connectivity index (χ0v) is 42.7. The molecule has 11 nitrogen and oxygen atoms in total. The minimum absolute atomic E-state index is 0.0310. The maximum absolute atomic E-state index is 16.0. The van der Waals surface area contributed by atoms with Gasteiger partial charge in [-0.25, -0.2) is 0 Å². The maximum Gasteiger partial charge on any atom is 0.167 e. The number of aromatic amines is 1. The molecular formula is C58H67N3O8S2. The van der Waals surface area contributed by atoms with Crippen LogP contribution >= 0.6 is 21.6 Å². The first-order valence-electron chi connectivity index (χ1n) is 24.9. The number of fused-ring (bicyclic) bond motifs is 1. The van der Waals surface area contributed by atoms with E-state index >= 15 is 4.79 Å². The molecule has 2 aliphatic carbocycles. The lowest BCUT2D eigenvalue weighted by atomic mass is 9.69. The van der Waals surface area contributed by atoms with Crippen molar-refractivity contribution in [3.8, 4) is 28.7 Å². The van der Waals surface area contributed by atoms with Crippen molar-refractivity contribution in [1.82, 2.24) is 15.6 Å². The Balaban J connectivity index is 1.15. The smallest absolute Gasteiger partial charge is 0.167 e. The first-order valence-corrected chi connectivity index (χ1v) is 27.3. The number of aliphatic hydroxyl groups is 2. The van der Waals surface area contributed by atoms with Gasteiger partial charge in [-0.3, -0.25) is 10.1 Å². The highest BCUT2D eigenvalue weighted by atomic mass is 33.1. The van der Waals surface area contributed by atoms with Gasteiger partial charge in [0, 0.05) is 54.2 Å². The molecule has 1 saturated carbocycles. The summed E-state index contributed by atoms with van der Waals surface area (Å²) in [7, 11) is 6.56. The van der Waals surface area contributed by atoms with Gasteiger partial charge in [0.15, 0.2) is 23.0 Å². The molecule has 8 N–H and O–H groups in total. The number of phenolic OH excluding ortho intramolecular Hbond substituents is 3. The summed E-state index contributed by atoms with van der Waals surface area (Å²) in [5.41, 5.74) is 5.27. The van der Waals surface area contributed by atoms with Crippen molar-refractivity contribution in [2.75, 3.05) is 33.2 Å². The lowest BCUT2D eigenvalue weighted by Gasteiger charge is -2.35. The topological polar surface area (TPSA) is 177 Å². The number of aromatic nitrogens is 1. The number of phenols is 3. The van der Waals surface area contributed by atoms with E-state index in [1.54, 1.807) is 32.2 Å². The van der Waals surface area contributed by atoms with Crippen LogP contribution < -0.4 is 20.1 Å². The second kappa shape index (κ2) is 21.4. The quantitative estimate of drug-likeness (QED) is 0.0362. The summed E-state index contributed by atoms with van der Waals surface area (Å²) in [6, 6.07) is 27.2. The molecule has 1 aliphatic heterocycles. The van der Waals surface area contributed by atoms with Crippen LogP contribution in [0.25, 0.3) is 10.8 Å². The summed E-state index contributed by atoms with van der Waals surface area (Å²) in [4.78, 5) is 19.2. The highest BCUT2D eigenvalue weighted by molar-refractivity contribution is 8.76. The number of aryl methyl sites for hydroxylation is 1. The van der Waals surface area contributed by atoms with Crippen LogP contribution in [0.15, 0.2) is 109 Å². The zero-order chi connectivity index (χ0) is 49.9. The van der Waals surface area contributed by atoms with Crippen LogP contribution in [0, 0.1) is 5.92 Å². The number of rotatable bonds is 15. The van der Waals surface area contributed by atoms with E-state index in [4.69, 9.17) is 9.47 Å². The Bertz CT molecular complexity index is 2900. The molecule has 0 bridgehead atoms. The first-order chi connectivity index (χ1) is 34.3. The number of benzene rings is 5. The number of hydrogen-bond acceptors (Lipinski definition) is 12. The fourth-order valence-corrected chi connectivity index (χ4v) is 14.4. The minimum Gasteiger partial charge on any atom is -0.508 e. The van der Waals surface area contributed by atoms with Crippen LogP contribution in [-0.2, 0) is 47.9 Å². The molecule has 2 heterocycles. The Morgan fingerprint density at radius 1 is 0.944 bits per heavy atom. The van der Waals surface area contributed by atoms with E-state index in [0.717, 1.165) is 81.8 Å². The summed E-state index contributed by atoms with van der Waals surface area (Å²) in [6.07, 6.45) is 12.5. The number of allylic oxidation sites excluding steroid dienone is 1. The summed E-state index contributed by atoms with van der Waals surface area (Å²) in [5, 5.41) is 67.0. The molecule has 1 aromatic heterocycles. The standard InChI is InChI=1S/C58H67N3O8S2/c1-5-37-12-13-38-10-6-7-11-45(38)46(37)29-47-39(14-16-48(63)54(47)68-4)25-41(24-36-19-23-60-32-36)50(65)30-52(66)57(42-26-43(28-44(62)27-42)58(59-3)20-8-9-21-58)22-18-51-53-40(31-57)15-17-49(64)55(53)69-35-61-33-56(2,67)34-70-71-51/h6-7,10-19,22-23,26-28,32,41,50-51,59-65,67H,5,8-9,20-21,24-25,29-31,33-35H2,1-4H3. The van der Waals surface area contributed by atoms with Gasteiger partial charge in [0.05, 0.1) is 29.5 Å². The Morgan fingerprint density at radius 2 is 1.72 bits per heavy atom. The number of methoxy groups -OCH3 is 1. The molecule has 374 valence electrons. The molecule has 0 spiro atoms. The lowest BCUT2D eigenvalue weighted by Crippen LogP contribution is -2.41. The van der Waals surface area contributed by atoms with Crippen molar-refractivity contribution >= 4 is 38.1 Å². The SMILES string of the molecule is CCc1ccc2ccccc2c1Cc1c(CC(Cc2cc[nH]c2)C(O)CC(=O)C2(c3cc(O)cc(C4(NC)CCCC4)c3)C=CC3SSCC(C)(O)CNCOc4c(O)ccc(c43)C2)ccc(O)c1OC. The van der Waals surface area contributed by atoms with E-state index in [9.17, 15) is 25.5 Å². The van der Waals surface area contributed by atoms with Crippen LogP contribution in [-0.4, -0.2) is 81.2 Å². The molecule has 71 heavy (non-hydrogen) atoms. The predicted molar refractivity (Wildman–Crippen MR) is 285 cm³/mol.